The second-order valence-corrected chi connectivity index (χ2v) is 3.14. The van der Waals surface area contributed by atoms with E-state index >= 15 is 0 Å². The molecule has 0 aliphatic carbocycles. The standard InChI is InChI=1S/C10H10FNO3/c11-7-1-2-9-6(4-14-5-15-9)10(7)8(13)3-12/h1-2H,3-5,12H2. The third-order valence-electron chi connectivity index (χ3n) is 2.23. The van der Waals surface area contributed by atoms with Crippen LogP contribution in [0, 0.1) is 5.82 Å². The van der Waals surface area contributed by atoms with Gasteiger partial charge in [0.15, 0.2) is 12.6 Å². The number of ether oxygens (including phenoxy) is 2. The Bertz CT molecular complexity index is 406. The van der Waals surface area contributed by atoms with Crippen molar-refractivity contribution in [2.45, 2.75) is 6.61 Å². The van der Waals surface area contributed by atoms with Crippen molar-refractivity contribution in [2.75, 3.05) is 13.3 Å². The Morgan fingerprint density at radius 3 is 3.07 bits per heavy atom. The lowest BCUT2D eigenvalue weighted by atomic mass is 10.0. The molecule has 4 nitrogen and oxygen atoms in total. The van der Waals surface area contributed by atoms with Gasteiger partial charge in [0.1, 0.15) is 11.6 Å². The second-order valence-electron chi connectivity index (χ2n) is 3.14. The number of Topliss-reactive ketones (excluding diaryl/α,β-unsaturated/α-hetero) is 1. The van der Waals surface area contributed by atoms with E-state index in [-0.39, 0.29) is 25.5 Å². The van der Waals surface area contributed by atoms with Crippen molar-refractivity contribution >= 4 is 5.78 Å². The first-order chi connectivity index (χ1) is 7.24. The van der Waals surface area contributed by atoms with Crippen molar-refractivity contribution in [3.63, 3.8) is 0 Å². The van der Waals surface area contributed by atoms with E-state index < -0.39 is 11.6 Å². The molecule has 15 heavy (non-hydrogen) atoms. The molecule has 80 valence electrons. The Hall–Kier alpha value is -1.46. The average molecular weight is 211 g/mol. The molecule has 0 radical (unpaired) electrons. The summed E-state index contributed by atoms with van der Waals surface area (Å²) in [4.78, 5) is 11.4. The molecular formula is C10H10FNO3. The zero-order valence-electron chi connectivity index (χ0n) is 7.96. The van der Waals surface area contributed by atoms with E-state index in [9.17, 15) is 9.18 Å². The number of benzene rings is 1. The fourth-order valence-corrected chi connectivity index (χ4v) is 1.53. The van der Waals surface area contributed by atoms with Crippen LogP contribution in [0.15, 0.2) is 12.1 Å². The SMILES string of the molecule is NCC(=O)c1c(F)ccc2c1COCO2. The molecule has 2 N–H and O–H groups in total. The topological polar surface area (TPSA) is 61.6 Å². The molecule has 1 heterocycles. The van der Waals surface area contributed by atoms with Crippen LogP contribution in [0.3, 0.4) is 0 Å². The first-order valence-electron chi connectivity index (χ1n) is 4.49. The molecule has 0 fully saturated rings. The van der Waals surface area contributed by atoms with Gasteiger partial charge in [-0.15, -0.1) is 0 Å². The summed E-state index contributed by atoms with van der Waals surface area (Å²) >= 11 is 0. The van der Waals surface area contributed by atoms with Crippen LogP contribution in [0.1, 0.15) is 15.9 Å². The highest BCUT2D eigenvalue weighted by atomic mass is 19.1. The molecule has 0 unspecified atom stereocenters. The first-order valence-corrected chi connectivity index (χ1v) is 4.49. The quantitative estimate of drug-likeness (QED) is 0.736. The zero-order valence-corrected chi connectivity index (χ0v) is 7.96. The Kier molecular flexibility index (Phi) is 2.66. The molecule has 0 bridgehead atoms. The minimum atomic E-state index is -0.585. The van der Waals surface area contributed by atoms with E-state index in [4.69, 9.17) is 15.2 Å². The van der Waals surface area contributed by atoms with Gasteiger partial charge in [0.25, 0.3) is 0 Å². The predicted octanol–water partition coefficient (Wildman–Crippen LogP) is 0.834. The van der Waals surface area contributed by atoms with Gasteiger partial charge in [0.2, 0.25) is 0 Å². The molecule has 1 aromatic carbocycles. The highest BCUT2D eigenvalue weighted by molar-refractivity contribution is 5.99. The number of fused-ring (bicyclic) bond motifs is 1. The summed E-state index contributed by atoms with van der Waals surface area (Å²) in [5.74, 6) is -0.545. The molecule has 5 heteroatoms. The fourth-order valence-electron chi connectivity index (χ4n) is 1.53. The van der Waals surface area contributed by atoms with Gasteiger partial charge in [-0.05, 0) is 12.1 Å². The summed E-state index contributed by atoms with van der Waals surface area (Å²) in [6.07, 6.45) is 0. The minimum absolute atomic E-state index is 0.0188. The van der Waals surface area contributed by atoms with E-state index in [2.05, 4.69) is 0 Å². The maximum absolute atomic E-state index is 13.4. The van der Waals surface area contributed by atoms with Crippen molar-refractivity contribution < 1.29 is 18.7 Å². The maximum atomic E-state index is 13.4. The van der Waals surface area contributed by atoms with Crippen molar-refractivity contribution in [3.05, 3.63) is 29.1 Å². The lowest BCUT2D eigenvalue weighted by molar-refractivity contribution is -0.0169. The van der Waals surface area contributed by atoms with Crippen LogP contribution in [0.4, 0.5) is 4.39 Å². The van der Waals surface area contributed by atoms with Gasteiger partial charge in [-0.1, -0.05) is 0 Å². The number of nitrogens with two attached hydrogens (primary N) is 1. The third kappa shape index (κ3) is 1.71. The Balaban J connectivity index is 2.55. The van der Waals surface area contributed by atoms with Crippen molar-refractivity contribution in [2.24, 2.45) is 5.73 Å². The van der Waals surface area contributed by atoms with E-state index in [1.54, 1.807) is 0 Å². The molecule has 0 spiro atoms. The predicted molar refractivity (Wildman–Crippen MR) is 50.1 cm³/mol. The summed E-state index contributed by atoms with van der Waals surface area (Å²) in [7, 11) is 0. The number of carbonyl (C=O) groups is 1. The van der Waals surface area contributed by atoms with E-state index in [1.165, 1.54) is 12.1 Å². The minimum Gasteiger partial charge on any atom is -0.467 e. The van der Waals surface area contributed by atoms with Gasteiger partial charge >= 0.3 is 0 Å². The third-order valence-corrected chi connectivity index (χ3v) is 2.23. The van der Waals surface area contributed by atoms with Crippen molar-refractivity contribution in [3.8, 4) is 5.75 Å². The molecule has 1 aromatic rings. The van der Waals surface area contributed by atoms with Gasteiger partial charge in [-0.25, -0.2) is 4.39 Å². The van der Waals surface area contributed by atoms with Crippen molar-refractivity contribution in [1.82, 2.24) is 0 Å². The Morgan fingerprint density at radius 1 is 1.53 bits per heavy atom. The van der Waals surface area contributed by atoms with Crippen LogP contribution in [0.2, 0.25) is 0 Å². The zero-order chi connectivity index (χ0) is 10.8. The molecule has 1 aliphatic heterocycles. The van der Waals surface area contributed by atoms with Crippen LogP contribution in [0.5, 0.6) is 5.75 Å². The van der Waals surface area contributed by atoms with Crippen LogP contribution < -0.4 is 10.5 Å². The molecule has 0 amide bonds. The van der Waals surface area contributed by atoms with Crippen LogP contribution in [0.25, 0.3) is 0 Å². The summed E-state index contributed by atoms with van der Waals surface area (Å²) in [6.45, 7) is 0.0659. The number of halogens is 1. The smallest absolute Gasteiger partial charge is 0.189 e. The van der Waals surface area contributed by atoms with Gasteiger partial charge < -0.3 is 15.2 Å². The lowest BCUT2D eigenvalue weighted by Crippen LogP contribution is -2.21. The lowest BCUT2D eigenvalue weighted by Gasteiger charge is -2.20. The Labute approximate surface area is 85.8 Å². The Morgan fingerprint density at radius 2 is 2.33 bits per heavy atom. The monoisotopic (exact) mass is 211 g/mol. The van der Waals surface area contributed by atoms with Crippen LogP contribution in [-0.2, 0) is 11.3 Å². The van der Waals surface area contributed by atoms with Crippen LogP contribution in [-0.4, -0.2) is 19.1 Å². The van der Waals surface area contributed by atoms with E-state index in [0.717, 1.165) is 0 Å². The molecule has 0 atom stereocenters. The number of carbonyl (C=O) groups excluding carboxylic acids is 1. The summed E-state index contributed by atoms with van der Waals surface area (Å²) in [5.41, 5.74) is 5.63. The first kappa shape index (κ1) is 10.1. The summed E-state index contributed by atoms with van der Waals surface area (Å²) in [5, 5.41) is 0. The van der Waals surface area contributed by atoms with Gasteiger partial charge in [0, 0.05) is 5.56 Å². The average Bonchev–Trinajstić information content (AvgIpc) is 2.28. The number of hydrogen-bond donors (Lipinski definition) is 1. The number of hydrogen-bond acceptors (Lipinski definition) is 4. The molecule has 0 saturated heterocycles. The molecule has 1 aliphatic rings. The van der Waals surface area contributed by atoms with Gasteiger partial charge in [-0.2, -0.15) is 0 Å². The van der Waals surface area contributed by atoms with Gasteiger partial charge in [0.05, 0.1) is 18.7 Å². The fraction of sp³-hybridized carbons (Fsp3) is 0.300. The molecule has 0 saturated carbocycles. The maximum Gasteiger partial charge on any atom is 0.189 e. The van der Waals surface area contributed by atoms with Gasteiger partial charge in [-0.3, -0.25) is 4.79 Å². The highest BCUT2D eigenvalue weighted by Crippen LogP contribution is 2.28. The molecule has 2 rings (SSSR count). The highest BCUT2D eigenvalue weighted by Gasteiger charge is 2.22. The number of rotatable bonds is 2. The summed E-state index contributed by atoms with van der Waals surface area (Å²) < 4.78 is 23.6. The summed E-state index contributed by atoms with van der Waals surface area (Å²) in [6, 6.07) is 2.69. The normalized spacial score (nSPS) is 14.3. The number of ketones is 1. The van der Waals surface area contributed by atoms with E-state index in [1.807, 2.05) is 0 Å². The van der Waals surface area contributed by atoms with Crippen molar-refractivity contribution in [1.29, 1.82) is 0 Å². The largest absolute Gasteiger partial charge is 0.467 e. The second kappa shape index (κ2) is 3.96. The van der Waals surface area contributed by atoms with E-state index in [0.29, 0.717) is 11.3 Å². The molecular weight excluding hydrogens is 201 g/mol. The van der Waals surface area contributed by atoms with Crippen LogP contribution >= 0.6 is 0 Å². The molecule has 0 aromatic heterocycles.